The molecule has 0 atom stereocenters. The molecule has 1 aliphatic heterocycles. The highest BCUT2D eigenvalue weighted by Gasteiger charge is 2.16. The third-order valence-electron chi connectivity index (χ3n) is 3.69. The molecule has 1 aromatic rings. The summed E-state index contributed by atoms with van der Waals surface area (Å²) in [5.41, 5.74) is 7.10. The molecule has 1 fully saturated rings. The number of aliphatic imine (C=N–C) groups is 1. The van der Waals surface area contributed by atoms with Crippen LogP contribution < -0.4 is 5.73 Å². The van der Waals surface area contributed by atoms with Crippen molar-refractivity contribution in [3.05, 3.63) is 29.8 Å². The van der Waals surface area contributed by atoms with Crippen molar-refractivity contribution in [2.45, 2.75) is 26.2 Å². The average molecular weight is 389 g/mol. The van der Waals surface area contributed by atoms with E-state index in [-0.39, 0.29) is 24.0 Å². The summed E-state index contributed by atoms with van der Waals surface area (Å²) in [6, 6.07) is 7.29. The minimum atomic E-state index is 0. The van der Waals surface area contributed by atoms with Crippen LogP contribution in [-0.2, 0) is 6.42 Å². The Bertz CT molecular complexity index is 442. The highest BCUT2D eigenvalue weighted by molar-refractivity contribution is 14.0. The SMILES string of the molecule is CC1CCN(C(N)=NCCc2cccc(O)c2)CC1.I. The lowest BCUT2D eigenvalue weighted by molar-refractivity contribution is 0.277. The summed E-state index contributed by atoms with van der Waals surface area (Å²) in [4.78, 5) is 6.61. The van der Waals surface area contributed by atoms with Gasteiger partial charge in [-0.1, -0.05) is 19.1 Å². The van der Waals surface area contributed by atoms with Gasteiger partial charge >= 0.3 is 0 Å². The first-order valence-corrected chi connectivity index (χ1v) is 6.98. The number of nitrogens with two attached hydrogens (primary N) is 1. The number of hydrogen-bond acceptors (Lipinski definition) is 2. The molecule has 0 aliphatic carbocycles. The second kappa shape index (κ2) is 8.34. The first-order chi connectivity index (χ1) is 9.15. The summed E-state index contributed by atoms with van der Waals surface area (Å²) in [5.74, 6) is 1.77. The fourth-order valence-electron chi connectivity index (χ4n) is 2.35. The minimum absolute atomic E-state index is 0. The fraction of sp³-hybridized carbons (Fsp3) is 0.533. The maximum Gasteiger partial charge on any atom is 0.191 e. The van der Waals surface area contributed by atoms with Crippen LogP contribution in [-0.4, -0.2) is 35.6 Å². The Morgan fingerprint density at radius 3 is 2.75 bits per heavy atom. The lowest BCUT2D eigenvalue weighted by Gasteiger charge is -2.31. The van der Waals surface area contributed by atoms with E-state index in [0.717, 1.165) is 31.0 Å². The molecule has 0 spiro atoms. The van der Waals surface area contributed by atoms with E-state index in [4.69, 9.17) is 5.73 Å². The third-order valence-corrected chi connectivity index (χ3v) is 3.69. The molecule has 5 heteroatoms. The third kappa shape index (κ3) is 5.19. The van der Waals surface area contributed by atoms with Gasteiger partial charge in [0.05, 0.1) is 0 Å². The van der Waals surface area contributed by atoms with Crippen LogP contribution in [0.25, 0.3) is 0 Å². The molecule has 0 amide bonds. The van der Waals surface area contributed by atoms with Gasteiger partial charge in [-0.05, 0) is 42.9 Å². The number of guanidine groups is 1. The van der Waals surface area contributed by atoms with Crippen molar-refractivity contribution in [2.24, 2.45) is 16.6 Å². The number of halogens is 1. The lowest BCUT2D eigenvalue weighted by atomic mass is 10.00. The van der Waals surface area contributed by atoms with Gasteiger partial charge in [-0.3, -0.25) is 4.99 Å². The number of likely N-dealkylation sites (tertiary alicyclic amines) is 1. The molecule has 0 radical (unpaired) electrons. The van der Waals surface area contributed by atoms with Crippen molar-refractivity contribution >= 4 is 29.9 Å². The van der Waals surface area contributed by atoms with Crippen LogP contribution in [0.1, 0.15) is 25.3 Å². The molecule has 2 rings (SSSR count). The Kier molecular flexibility index (Phi) is 7.12. The van der Waals surface area contributed by atoms with Gasteiger partial charge in [-0.25, -0.2) is 0 Å². The Balaban J connectivity index is 0.00000200. The smallest absolute Gasteiger partial charge is 0.191 e. The second-order valence-corrected chi connectivity index (χ2v) is 5.33. The predicted octanol–water partition coefficient (Wildman–Crippen LogP) is 2.60. The van der Waals surface area contributed by atoms with Gasteiger partial charge in [-0.15, -0.1) is 24.0 Å². The van der Waals surface area contributed by atoms with E-state index in [0.29, 0.717) is 18.3 Å². The molecular formula is C15H24IN3O. The molecule has 0 bridgehead atoms. The Morgan fingerprint density at radius 1 is 1.40 bits per heavy atom. The van der Waals surface area contributed by atoms with Gasteiger partial charge in [0.2, 0.25) is 0 Å². The maximum atomic E-state index is 9.38. The lowest BCUT2D eigenvalue weighted by Crippen LogP contribution is -2.42. The summed E-state index contributed by atoms with van der Waals surface area (Å²) in [7, 11) is 0. The number of phenols is 1. The minimum Gasteiger partial charge on any atom is -0.508 e. The van der Waals surface area contributed by atoms with Gasteiger partial charge < -0.3 is 15.7 Å². The van der Waals surface area contributed by atoms with Crippen LogP contribution >= 0.6 is 24.0 Å². The highest BCUT2D eigenvalue weighted by atomic mass is 127. The molecule has 1 aliphatic rings. The van der Waals surface area contributed by atoms with Gasteiger partial charge in [0.15, 0.2) is 5.96 Å². The molecule has 1 heterocycles. The Labute approximate surface area is 138 Å². The zero-order valence-electron chi connectivity index (χ0n) is 12.0. The van der Waals surface area contributed by atoms with Gasteiger partial charge in [0, 0.05) is 19.6 Å². The summed E-state index contributed by atoms with van der Waals surface area (Å²) < 4.78 is 0. The number of aromatic hydroxyl groups is 1. The summed E-state index contributed by atoms with van der Waals surface area (Å²) in [5, 5.41) is 9.38. The monoisotopic (exact) mass is 389 g/mol. The number of hydrogen-bond donors (Lipinski definition) is 2. The van der Waals surface area contributed by atoms with Gasteiger partial charge in [0.25, 0.3) is 0 Å². The molecule has 0 unspecified atom stereocenters. The van der Waals surface area contributed by atoms with Crippen LogP contribution in [0, 0.1) is 5.92 Å². The second-order valence-electron chi connectivity index (χ2n) is 5.33. The van der Waals surface area contributed by atoms with Crippen molar-refractivity contribution in [3.8, 4) is 5.75 Å². The first kappa shape index (κ1) is 17.1. The zero-order chi connectivity index (χ0) is 13.7. The molecular weight excluding hydrogens is 365 g/mol. The van der Waals surface area contributed by atoms with Gasteiger partial charge in [-0.2, -0.15) is 0 Å². The van der Waals surface area contributed by atoms with Crippen LogP contribution in [0.15, 0.2) is 29.3 Å². The van der Waals surface area contributed by atoms with Crippen molar-refractivity contribution in [3.63, 3.8) is 0 Å². The molecule has 0 aromatic heterocycles. The number of piperidine rings is 1. The summed E-state index contributed by atoms with van der Waals surface area (Å²) in [6.45, 7) is 4.99. The van der Waals surface area contributed by atoms with Crippen LogP contribution in [0.3, 0.4) is 0 Å². The normalized spacial score (nSPS) is 16.9. The van der Waals surface area contributed by atoms with Crippen molar-refractivity contribution in [2.75, 3.05) is 19.6 Å². The van der Waals surface area contributed by atoms with Crippen molar-refractivity contribution < 1.29 is 5.11 Å². The van der Waals surface area contributed by atoms with E-state index in [9.17, 15) is 5.11 Å². The molecule has 112 valence electrons. The standard InChI is InChI=1S/C15H23N3O.HI/c1-12-6-9-18(10-7-12)15(16)17-8-5-13-3-2-4-14(19)11-13;/h2-4,11-12,19H,5-10H2,1H3,(H2,16,17);1H. The zero-order valence-corrected chi connectivity index (χ0v) is 14.3. The van der Waals surface area contributed by atoms with E-state index in [1.54, 1.807) is 12.1 Å². The number of rotatable bonds is 3. The highest BCUT2D eigenvalue weighted by Crippen LogP contribution is 2.15. The quantitative estimate of drug-likeness (QED) is 0.475. The number of phenolic OH excluding ortho intramolecular Hbond substituents is 1. The van der Waals surface area contributed by atoms with Crippen LogP contribution in [0.4, 0.5) is 0 Å². The van der Waals surface area contributed by atoms with Crippen LogP contribution in [0.2, 0.25) is 0 Å². The molecule has 3 N–H and O–H groups in total. The summed E-state index contributed by atoms with van der Waals surface area (Å²) in [6.07, 6.45) is 3.20. The largest absolute Gasteiger partial charge is 0.508 e. The molecule has 1 aromatic carbocycles. The maximum absolute atomic E-state index is 9.38. The topological polar surface area (TPSA) is 61.8 Å². The molecule has 4 nitrogen and oxygen atoms in total. The van der Waals surface area contributed by atoms with E-state index in [2.05, 4.69) is 16.8 Å². The number of benzene rings is 1. The van der Waals surface area contributed by atoms with E-state index >= 15 is 0 Å². The van der Waals surface area contributed by atoms with E-state index in [1.165, 1.54) is 12.8 Å². The van der Waals surface area contributed by atoms with Gasteiger partial charge in [0.1, 0.15) is 5.75 Å². The molecule has 20 heavy (non-hydrogen) atoms. The Hall–Kier alpha value is -0.980. The fourth-order valence-corrected chi connectivity index (χ4v) is 2.35. The first-order valence-electron chi connectivity index (χ1n) is 6.98. The Morgan fingerprint density at radius 2 is 2.10 bits per heavy atom. The van der Waals surface area contributed by atoms with E-state index < -0.39 is 0 Å². The molecule has 0 saturated carbocycles. The summed E-state index contributed by atoms with van der Waals surface area (Å²) >= 11 is 0. The van der Waals surface area contributed by atoms with Crippen LogP contribution in [0.5, 0.6) is 5.75 Å². The average Bonchev–Trinajstić information content (AvgIpc) is 2.39. The predicted molar refractivity (Wildman–Crippen MR) is 93.7 cm³/mol. The van der Waals surface area contributed by atoms with E-state index in [1.807, 2.05) is 12.1 Å². The number of nitrogens with zero attached hydrogens (tertiary/aromatic N) is 2. The van der Waals surface area contributed by atoms with Crippen molar-refractivity contribution in [1.82, 2.24) is 4.90 Å². The molecule has 1 saturated heterocycles. The van der Waals surface area contributed by atoms with Crippen molar-refractivity contribution in [1.29, 1.82) is 0 Å².